The third kappa shape index (κ3) is 1.19. The molecule has 0 atom stereocenters. The standard InChI is InChI=1S/C8H7F2N3O/c1-4-3-11-13-5(7(9)10)2-6(14)12-8(4)13/h2-3,7H,1H3,(H,12,14). The van der Waals surface area contributed by atoms with Crippen LogP contribution in [0.15, 0.2) is 17.1 Å². The number of hydrogen-bond donors (Lipinski definition) is 1. The van der Waals surface area contributed by atoms with Crippen LogP contribution in [-0.2, 0) is 0 Å². The van der Waals surface area contributed by atoms with Crippen molar-refractivity contribution in [1.29, 1.82) is 0 Å². The molecule has 0 saturated heterocycles. The predicted octanol–water partition coefficient (Wildman–Crippen LogP) is 1.27. The zero-order valence-electron chi connectivity index (χ0n) is 7.29. The number of halogens is 2. The summed E-state index contributed by atoms with van der Waals surface area (Å²) in [6.07, 6.45) is -1.28. The lowest BCUT2D eigenvalue weighted by molar-refractivity contribution is 0.143. The maximum atomic E-state index is 12.5. The molecule has 0 fully saturated rings. The number of rotatable bonds is 1. The Balaban J connectivity index is 2.89. The summed E-state index contributed by atoms with van der Waals surface area (Å²) in [5, 5.41) is 3.75. The lowest BCUT2D eigenvalue weighted by Crippen LogP contribution is -2.12. The van der Waals surface area contributed by atoms with Crippen molar-refractivity contribution in [1.82, 2.24) is 14.6 Å². The second kappa shape index (κ2) is 2.90. The lowest BCUT2D eigenvalue weighted by atomic mass is 10.3. The lowest BCUT2D eigenvalue weighted by Gasteiger charge is -2.02. The van der Waals surface area contributed by atoms with Gasteiger partial charge in [-0.25, -0.2) is 13.3 Å². The summed E-state index contributed by atoms with van der Waals surface area (Å²) >= 11 is 0. The molecule has 6 heteroatoms. The Morgan fingerprint density at radius 1 is 1.57 bits per heavy atom. The Morgan fingerprint density at radius 2 is 2.29 bits per heavy atom. The number of nitrogens with zero attached hydrogens (tertiary/aromatic N) is 2. The van der Waals surface area contributed by atoms with Crippen LogP contribution in [0.3, 0.4) is 0 Å². The summed E-state index contributed by atoms with van der Waals surface area (Å²) in [4.78, 5) is 13.5. The first-order valence-corrected chi connectivity index (χ1v) is 3.95. The maximum Gasteiger partial charge on any atom is 0.280 e. The molecule has 2 aromatic heterocycles. The van der Waals surface area contributed by atoms with Gasteiger partial charge in [0.1, 0.15) is 11.3 Å². The van der Waals surface area contributed by atoms with Gasteiger partial charge in [0.2, 0.25) is 0 Å². The maximum absolute atomic E-state index is 12.5. The van der Waals surface area contributed by atoms with Crippen molar-refractivity contribution in [2.24, 2.45) is 0 Å². The SMILES string of the molecule is Cc1cnn2c(C(F)F)cc(=O)[nH]c12. The zero-order valence-corrected chi connectivity index (χ0v) is 7.29. The molecule has 4 nitrogen and oxygen atoms in total. The van der Waals surface area contributed by atoms with Crippen molar-refractivity contribution >= 4 is 5.65 Å². The Bertz CT molecular complexity index is 529. The Hall–Kier alpha value is -1.72. The first kappa shape index (κ1) is 8.86. The molecule has 0 saturated carbocycles. The highest BCUT2D eigenvalue weighted by Crippen LogP contribution is 2.17. The molecular weight excluding hydrogens is 192 g/mol. The minimum absolute atomic E-state index is 0.313. The van der Waals surface area contributed by atoms with Crippen molar-refractivity contribution in [2.45, 2.75) is 13.3 Å². The van der Waals surface area contributed by atoms with E-state index in [1.54, 1.807) is 6.92 Å². The fourth-order valence-electron chi connectivity index (χ4n) is 1.28. The molecule has 2 heterocycles. The van der Waals surface area contributed by atoms with E-state index in [1.165, 1.54) is 6.20 Å². The smallest absolute Gasteiger partial charge is 0.280 e. The molecule has 0 amide bonds. The van der Waals surface area contributed by atoms with Crippen LogP contribution in [0.2, 0.25) is 0 Å². The molecule has 0 aliphatic carbocycles. The molecule has 0 bridgehead atoms. The quantitative estimate of drug-likeness (QED) is 0.751. The molecule has 74 valence electrons. The summed E-state index contributed by atoms with van der Waals surface area (Å²) in [5.41, 5.74) is 0.0330. The molecule has 0 aliphatic rings. The van der Waals surface area contributed by atoms with E-state index in [2.05, 4.69) is 10.1 Å². The normalized spacial score (nSPS) is 11.4. The average molecular weight is 199 g/mol. The van der Waals surface area contributed by atoms with E-state index in [1.807, 2.05) is 0 Å². The van der Waals surface area contributed by atoms with Gasteiger partial charge in [-0.05, 0) is 6.92 Å². The first-order valence-electron chi connectivity index (χ1n) is 3.95. The van der Waals surface area contributed by atoms with Crippen LogP contribution in [0.4, 0.5) is 8.78 Å². The van der Waals surface area contributed by atoms with Gasteiger partial charge in [-0.15, -0.1) is 0 Å². The Kier molecular flexibility index (Phi) is 1.83. The van der Waals surface area contributed by atoms with E-state index in [0.717, 1.165) is 10.6 Å². The third-order valence-corrected chi connectivity index (χ3v) is 1.94. The van der Waals surface area contributed by atoms with E-state index in [4.69, 9.17) is 0 Å². The van der Waals surface area contributed by atoms with E-state index in [9.17, 15) is 13.6 Å². The summed E-state index contributed by atoms with van der Waals surface area (Å²) in [6.45, 7) is 1.69. The van der Waals surface area contributed by atoms with E-state index < -0.39 is 17.7 Å². The van der Waals surface area contributed by atoms with Gasteiger partial charge < -0.3 is 4.98 Å². The van der Waals surface area contributed by atoms with Crippen molar-refractivity contribution in [2.75, 3.05) is 0 Å². The van der Waals surface area contributed by atoms with Crippen LogP contribution in [0, 0.1) is 6.92 Å². The number of aromatic nitrogens is 3. The topological polar surface area (TPSA) is 50.2 Å². The zero-order chi connectivity index (χ0) is 10.3. The van der Waals surface area contributed by atoms with Gasteiger partial charge in [-0.3, -0.25) is 4.79 Å². The van der Waals surface area contributed by atoms with Gasteiger partial charge in [-0.1, -0.05) is 0 Å². The van der Waals surface area contributed by atoms with Crippen molar-refractivity contribution in [3.05, 3.63) is 33.9 Å². The highest BCUT2D eigenvalue weighted by Gasteiger charge is 2.14. The molecule has 14 heavy (non-hydrogen) atoms. The average Bonchev–Trinajstić information content (AvgIpc) is 2.47. The summed E-state index contributed by atoms with van der Waals surface area (Å²) in [5.74, 6) is 0. The molecule has 1 N–H and O–H groups in total. The van der Waals surface area contributed by atoms with Crippen LogP contribution in [0.25, 0.3) is 5.65 Å². The van der Waals surface area contributed by atoms with Crippen LogP contribution in [0.5, 0.6) is 0 Å². The van der Waals surface area contributed by atoms with E-state index in [0.29, 0.717) is 11.2 Å². The van der Waals surface area contributed by atoms with Crippen molar-refractivity contribution in [3.63, 3.8) is 0 Å². The Labute approximate surface area is 77.2 Å². The van der Waals surface area contributed by atoms with Crippen molar-refractivity contribution < 1.29 is 8.78 Å². The number of fused-ring (bicyclic) bond motifs is 1. The van der Waals surface area contributed by atoms with Crippen LogP contribution >= 0.6 is 0 Å². The minimum Gasteiger partial charge on any atom is -0.307 e. The van der Waals surface area contributed by atoms with Gasteiger partial charge >= 0.3 is 0 Å². The predicted molar refractivity (Wildman–Crippen MR) is 45.5 cm³/mol. The fourth-order valence-corrected chi connectivity index (χ4v) is 1.28. The van der Waals surface area contributed by atoms with Gasteiger partial charge in [-0.2, -0.15) is 5.10 Å². The molecular formula is C8H7F2N3O. The second-order valence-corrected chi connectivity index (χ2v) is 2.95. The van der Waals surface area contributed by atoms with Crippen LogP contribution < -0.4 is 5.56 Å². The molecule has 2 aromatic rings. The summed E-state index contributed by atoms with van der Waals surface area (Å²) in [7, 11) is 0. The second-order valence-electron chi connectivity index (χ2n) is 2.95. The van der Waals surface area contributed by atoms with Crippen molar-refractivity contribution in [3.8, 4) is 0 Å². The number of H-pyrrole nitrogens is 1. The molecule has 0 radical (unpaired) electrons. The first-order chi connectivity index (χ1) is 6.59. The number of hydrogen-bond acceptors (Lipinski definition) is 2. The van der Waals surface area contributed by atoms with Gasteiger partial charge in [0.15, 0.2) is 0 Å². The summed E-state index contributed by atoms with van der Waals surface area (Å²) in [6, 6.07) is 0.851. The van der Waals surface area contributed by atoms with E-state index in [-0.39, 0.29) is 0 Å². The largest absolute Gasteiger partial charge is 0.307 e. The number of alkyl halides is 2. The highest BCUT2D eigenvalue weighted by molar-refractivity contribution is 5.45. The molecule has 0 aromatic carbocycles. The van der Waals surface area contributed by atoms with Crippen LogP contribution in [0.1, 0.15) is 17.7 Å². The van der Waals surface area contributed by atoms with Crippen LogP contribution in [-0.4, -0.2) is 14.6 Å². The van der Waals surface area contributed by atoms with Gasteiger partial charge in [0.05, 0.1) is 6.20 Å². The van der Waals surface area contributed by atoms with Gasteiger partial charge in [0.25, 0.3) is 12.0 Å². The number of nitrogens with one attached hydrogen (secondary N) is 1. The highest BCUT2D eigenvalue weighted by atomic mass is 19.3. The molecule has 0 unspecified atom stereocenters. The molecule has 2 rings (SSSR count). The van der Waals surface area contributed by atoms with Gasteiger partial charge in [0, 0.05) is 11.6 Å². The Morgan fingerprint density at radius 3 is 2.93 bits per heavy atom. The molecule has 0 aliphatic heterocycles. The monoisotopic (exact) mass is 199 g/mol. The fraction of sp³-hybridized carbons (Fsp3) is 0.250. The third-order valence-electron chi connectivity index (χ3n) is 1.94. The van der Waals surface area contributed by atoms with E-state index >= 15 is 0 Å². The summed E-state index contributed by atoms with van der Waals surface area (Å²) < 4.78 is 26.0. The minimum atomic E-state index is -2.71. The number of aromatic amines is 1. The molecule has 0 spiro atoms. The number of aryl methyl sites for hydroxylation is 1.